The van der Waals surface area contributed by atoms with Gasteiger partial charge in [-0.1, -0.05) is 5.21 Å². The van der Waals surface area contributed by atoms with E-state index in [1.54, 1.807) is 6.20 Å². The third-order valence-corrected chi connectivity index (χ3v) is 2.13. The van der Waals surface area contributed by atoms with Crippen molar-refractivity contribution in [2.24, 2.45) is 0 Å². The van der Waals surface area contributed by atoms with E-state index in [1.165, 1.54) is 22.2 Å². The Morgan fingerprint density at radius 3 is 3.17 bits per heavy atom. The van der Waals surface area contributed by atoms with Gasteiger partial charge in [0.05, 0.1) is 18.5 Å². The predicted molar refractivity (Wildman–Crippen MR) is 43.0 cm³/mol. The first kappa shape index (κ1) is 7.38. The highest BCUT2D eigenvalue weighted by molar-refractivity contribution is 7.12. The lowest BCUT2D eigenvalue weighted by Crippen LogP contribution is -2.01. The van der Waals surface area contributed by atoms with Crippen LogP contribution in [0, 0.1) is 0 Å². The van der Waals surface area contributed by atoms with Crippen LogP contribution in [0.25, 0.3) is 5.13 Å². The van der Waals surface area contributed by atoms with Crippen LogP contribution in [0.2, 0.25) is 0 Å². The van der Waals surface area contributed by atoms with Crippen LogP contribution in [-0.4, -0.2) is 25.1 Å². The van der Waals surface area contributed by atoms with Gasteiger partial charge >= 0.3 is 0 Å². The molecule has 0 saturated carbocycles. The fraction of sp³-hybridized carbons (Fsp3) is 0.167. The van der Waals surface area contributed by atoms with E-state index in [0.717, 1.165) is 5.13 Å². The lowest BCUT2D eigenvalue weighted by atomic mass is 10.5. The number of aromatic nitrogens is 4. The largest absolute Gasteiger partial charge is 0.390 e. The second-order valence-corrected chi connectivity index (χ2v) is 2.98. The fourth-order valence-electron chi connectivity index (χ4n) is 0.846. The summed E-state index contributed by atoms with van der Waals surface area (Å²) in [5.74, 6) is 0. The van der Waals surface area contributed by atoms with E-state index < -0.39 is 0 Å². The lowest BCUT2D eigenvalue weighted by Gasteiger charge is -1.96. The molecule has 2 heterocycles. The molecule has 2 rings (SSSR count). The van der Waals surface area contributed by atoms with Crippen molar-refractivity contribution in [1.82, 2.24) is 20.0 Å². The Kier molecular flexibility index (Phi) is 1.84. The number of thiazole rings is 1. The van der Waals surface area contributed by atoms with Gasteiger partial charge in [0, 0.05) is 11.6 Å². The number of hydrogen-bond donors (Lipinski definition) is 1. The highest BCUT2D eigenvalue weighted by Crippen LogP contribution is 2.11. The van der Waals surface area contributed by atoms with E-state index >= 15 is 0 Å². The summed E-state index contributed by atoms with van der Waals surface area (Å²) < 4.78 is 1.52. The second-order valence-electron chi connectivity index (χ2n) is 2.11. The average Bonchev–Trinajstić information content (AvgIpc) is 2.74. The van der Waals surface area contributed by atoms with Crippen molar-refractivity contribution in [2.75, 3.05) is 0 Å². The van der Waals surface area contributed by atoms with Crippen LogP contribution in [-0.2, 0) is 6.61 Å². The molecule has 12 heavy (non-hydrogen) atoms. The maximum atomic E-state index is 8.88. The number of hydrogen-bond acceptors (Lipinski definition) is 5. The van der Waals surface area contributed by atoms with Gasteiger partial charge in [-0.2, -0.15) is 4.68 Å². The molecule has 0 bridgehead atoms. The van der Waals surface area contributed by atoms with Gasteiger partial charge in [0.15, 0.2) is 0 Å². The Bertz CT molecular complexity index is 355. The molecular formula is C6H6N4OS. The van der Waals surface area contributed by atoms with Gasteiger partial charge in [-0.15, -0.1) is 16.4 Å². The first-order valence-electron chi connectivity index (χ1n) is 3.32. The van der Waals surface area contributed by atoms with Crippen LogP contribution < -0.4 is 0 Å². The zero-order chi connectivity index (χ0) is 8.39. The Balaban J connectivity index is 2.46. The number of nitrogens with zero attached hydrogens (tertiary/aromatic N) is 4. The molecule has 0 fully saturated rings. The van der Waals surface area contributed by atoms with E-state index in [2.05, 4.69) is 15.3 Å². The van der Waals surface area contributed by atoms with E-state index in [0.29, 0.717) is 5.69 Å². The van der Waals surface area contributed by atoms with Gasteiger partial charge in [-0.25, -0.2) is 4.98 Å². The Morgan fingerprint density at radius 2 is 2.50 bits per heavy atom. The zero-order valence-corrected chi connectivity index (χ0v) is 6.90. The highest BCUT2D eigenvalue weighted by atomic mass is 32.1. The summed E-state index contributed by atoms with van der Waals surface area (Å²) in [6, 6.07) is 0. The predicted octanol–water partition coefficient (Wildman–Crippen LogP) is 0.216. The van der Waals surface area contributed by atoms with E-state index in [1.807, 2.05) is 5.38 Å². The smallest absolute Gasteiger partial charge is 0.212 e. The first-order chi connectivity index (χ1) is 5.92. The molecule has 0 spiro atoms. The van der Waals surface area contributed by atoms with Crippen molar-refractivity contribution >= 4 is 11.3 Å². The topological polar surface area (TPSA) is 63.8 Å². The molecule has 62 valence electrons. The molecule has 0 saturated heterocycles. The third kappa shape index (κ3) is 1.10. The molecule has 2 aromatic rings. The van der Waals surface area contributed by atoms with Crippen LogP contribution in [0.5, 0.6) is 0 Å². The lowest BCUT2D eigenvalue weighted by molar-refractivity contribution is 0.273. The van der Waals surface area contributed by atoms with Crippen molar-refractivity contribution in [3.63, 3.8) is 0 Å². The third-order valence-electron chi connectivity index (χ3n) is 1.38. The molecule has 0 aliphatic rings. The van der Waals surface area contributed by atoms with Gasteiger partial charge in [-0.3, -0.25) is 0 Å². The van der Waals surface area contributed by atoms with Crippen LogP contribution >= 0.6 is 11.3 Å². The van der Waals surface area contributed by atoms with Crippen molar-refractivity contribution in [1.29, 1.82) is 0 Å². The Labute approximate surface area is 72.3 Å². The van der Waals surface area contributed by atoms with E-state index in [-0.39, 0.29) is 6.61 Å². The Morgan fingerprint density at radius 1 is 1.58 bits per heavy atom. The summed E-state index contributed by atoms with van der Waals surface area (Å²) >= 11 is 1.45. The molecule has 5 nitrogen and oxygen atoms in total. The van der Waals surface area contributed by atoms with Gasteiger partial charge in [0.2, 0.25) is 5.13 Å². The minimum Gasteiger partial charge on any atom is -0.390 e. The normalized spacial score (nSPS) is 10.4. The minimum atomic E-state index is -0.0768. The van der Waals surface area contributed by atoms with Crippen LogP contribution in [0.3, 0.4) is 0 Å². The number of rotatable bonds is 2. The van der Waals surface area contributed by atoms with Crippen molar-refractivity contribution in [3.8, 4) is 5.13 Å². The summed E-state index contributed by atoms with van der Waals surface area (Å²) in [4.78, 5) is 4.04. The maximum Gasteiger partial charge on any atom is 0.212 e. The first-order valence-corrected chi connectivity index (χ1v) is 4.20. The maximum absolute atomic E-state index is 8.88. The number of aliphatic hydroxyl groups excluding tert-OH is 1. The molecule has 0 unspecified atom stereocenters. The summed E-state index contributed by atoms with van der Waals surface area (Å²) in [5, 5.41) is 18.9. The number of aliphatic hydroxyl groups is 1. The van der Waals surface area contributed by atoms with Gasteiger partial charge in [0.25, 0.3) is 0 Å². The zero-order valence-electron chi connectivity index (χ0n) is 6.08. The highest BCUT2D eigenvalue weighted by Gasteiger charge is 2.05. The molecule has 0 radical (unpaired) electrons. The minimum absolute atomic E-state index is 0.0768. The van der Waals surface area contributed by atoms with Gasteiger partial charge in [0.1, 0.15) is 0 Å². The fourth-order valence-corrected chi connectivity index (χ4v) is 1.46. The molecule has 0 aromatic carbocycles. The van der Waals surface area contributed by atoms with Gasteiger partial charge < -0.3 is 5.11 Å². The molecule has 0 aliphatic carbocycles. The monoisotopic (exact) mass is 182 g/mol. The van der Waals surface area contributed by atoms with Crippen LogP contribution in [0.15, 0.2) is 17.8 Å². The van der Waals surface area contributed by atoms with Crippen LogP contribution in [0.1, 0.15) is 5.69 Å². The standard InChI is InChI=1S/C6H6N4OS/c11-4-5-3-8-9-10(5)6-7-1-2-12-6/h1-3,11H,4H2. The van der Waals surface area contributed by atoms with Gasteiger partial charge in [-0.05, 0) is 0 Å². The van der Waals surface area contributed by atoms with Crippen molar-refractivity contribution in [2.45, 2.75) is 6.61 Å². The van der Waals surface area contributed by atoms with Crippen LogP contribution in [0.4, 0.5) is 0 Å². The Hall–Kier alpha value is -1.27. The van der Waals surface area contributed by atoms with Crippen molar-refractivity contribution in [3.05, 3.63) is 23.5 Å². The molecule has 0 atom stereocenters. The molecule has 2 aromatic heterocycles. The van der Waals surface area contributed by atoms with Crippen molar-refractivity contribution < 1.29 is 5.11 Å². The van der Waals surface area contributed by atoms with E-state index in [4.69, 9.17) is 5.11 Å². The molecule has 6 heteroatoms. The summed E-state index contributed by atoms with van der Waals surface area (Å²) in [6.45, 7) is -0.0768. The molecule has 0 amide bonds. The average molecular weight is 182 g/mol. The molecule has 0 aliphatic heterocycles. The summed E-state index contributed by atoms with van der Waals surface area (Å²) in [6.07, 6.45) is 3.20. The molecule has 1 N–H and O–H groups in total. The SMILES string of the molecule is OCc1cnnn1-c1nccs1. The molecular weight excluding hydrogens is 176 g/mol. The quantitative estimate of drug-likeness (QED) is 0.721. The summed E-state index contributed by atoms with van der Waals surface area (Å²) in [5.41, 5.74) is 0.643. The summed E-state index contributed by atoms with van der Waals surface area (Å²) in [7, 11) is 0. The van der Waals surface area contributed by atoms with E-state index in [9.17, 15) is 0 Å². The second kappa shape index (κ2) is 3.00.